The fourth-order valence-corrected chi connectivity index (χ4v) is 1.92. The normalized spacial score (nSPS) is 15.2. The maximum absolute atomic E-state index is 11.7. The summed E-state index contributed by atoms with van der Waals surface area (Å²) in [5.74, 6) is 1.42. The minimum atomic E-state index is 0.0843. The third-order valence-corrected chi connectivity index (χ3v) is 3.02. The highest BCUT2D eigenvalue weighted by Gasteiger charge is 2.20. The molecule has 1 aliphatic rings. The van der Waals surface area contributed by atoms with Gasteiger partial charge in [0.25, 0.3) is 0 Å². The molecule has 2 rings (SSSR count). The van der Waals surface area contributed by atoms with E-state index in [1.807, 2.05) is 25.1 Å². The topological polar surface area (TPSA) is 50.4 Å². The Bertz CT molecular complexity index is 414. The molecular weight excluding hydrogens is 216 g/mol. The van der Waals surface area contributed by atoms with Crippen molar-refractivity contribution >= 4 is 11.6 Å². The van der Waals surface area contributed by atoms with E-state index in [0.29, 0.717) is 12.3 Å². The summed E-state index contributed by atoms with van der Waals surface area (Å²) in [6, 6.07) is 5.66. The molecule has 1 aromatic rings. The Morgan fingerprint density at radius 3 is 2.82 bits per heavy atom. The summed E-state index contributed by atoms with van der Waals surface area (Å²) >= 11 is 0. The zero-order valence-corrected chi connectivity index (χ0v) is 10.2. The molecule has 1 amide bonds. The van der Waals surface area contributed by atoms with Crippen molar-refractivity contribution in [3.8, 4) is 5.75 Å². The number of hydrogen-bond donors (Lipinski definition) is 2. The molecule has 1 aromatic carbocycles. The van der Waals surface area contributed by atoms with E-state index in [1.54, 1.807) is 7.11 Å². The summed E-state index contributed by atoms with van der Waals surface area (Å²) < 4.78 is 5.18. The molecule has 17 heavy (non-hydrogen) atoms. The van der Waals surface area contributed by atoms with Gasteiger partial charge < -0.3 is 15.4 Å². The van der Waals surface area contributed by atoms with Crippen LogP contribution in [0.15, 0.2) is 18.2 Å². The van der Waals surface area contributed by atoms with Crippen LogP contribution in [0.3, 0.4) is 0 Å². The maximum Gasteiger partial charge on any atom is 0.224 e. The molecule has 0 spiro atoms. The van der Waals surface area contributed by atoms with E-state index in [0.717, 1.165) is 30.1 Å². The van der Waals surface area contributed by atoms with Crippen LogP contribution >= 0.6 is 0 Å². The number of ether oxygens (including phenoxy) is 1. The van der Waals surface area contributed by atoms with Crippen LogP contribution in [0.5, 0.6) is 5.75 Å². The molecule has 4 heteroatoms. The molecule has 0 saturated carbocycles. The second-order valence-electron chi connectivity index (χ2n) is 4.46. The van der Waals surface area contributed by atoms with Crippen LogP contribution in [0.1, 0.15) is 12.0 Å². The number of methoxy groups -OCH3 is 1. The van der Waals surface area contributed by atoms with Crippen LogP contribution < -0.4 is 15.4 Å². The summed E-state index contributed by atoms with van der Waals surface area (Å²) in [6.45, 7) is 3.87. The van der Waals surface area contributed by atoms with Gasteiger partial charge in [-0.05, 0) is 49.7 Å². The van der Waals surface area contributed by atoms with Crippen molar-refractivity contribution in [1.82, 2.24) is 5.32 Å². The van der Waals surface area contributed by atoms with Crippen LogP contribution in [0.2, 0.25) is 0 Å². The van der Waals surface area contributed by atoms with E-state index in [2.05, 4.69) is 10.6 Å². The van der Waals surface area contributed by atoms with Gasteiger partial charge in [0.1, 0.15) is 5.75 Å². The molecule has 2 N–H and O–H groups in total. The molecule has 92 valence electrons. The second-order valence-corrected chi connectivity index (χ2v) is 4.46. The zero-order valence-electron chi connectivity index (χ0n) is 10.2. The lowest BCUT2D eigenvalue weighted by Crippen LogP contribution is -2.43. The van der Waals surface area contributed by atoms with Crippen molar-refractivity contribution in [3.63, 3.8) is 0 Å². The molecule has 0 radical (unpaired) electrons. The van der Waals surface area contributed by atoms with Crippen LogP contribution in [0.25, 0.3) is 0 Å². The summed E-state index contributed by atoms with van der Waals surface area (Å²) in [5.41, 5.74) is 1.86. The SMILES string of the molecule is COc1ccc(NC(=O)CC2CNC2)cc1C. The molecule has 0 unspecified atom stereocenters. The highest BCUT2D eigenvalue weighted by Crippen LogP contribution is 2.21. The lowest BCUT2D eigenvalue weighted by Gasteiger charge is -2.26. The van der Waals surface area contributed by atoms with Crippen molar-refractivity contribution in [3.05, 3.63) is 23.8 Å². The van der Waals surface area contributed by atoms with E-state index in [-0.39, 0.29) is 5.91 Å². The van der Waals surface area contributed by atoms with Gasteiger partial charge in [0.15, 0.2) is 0 Å². The first-order valence-corrected chi connectivity index (χ1v) is 5.84. The van der Waals surface area contributed by atoms with Crippen molar-refractivity contribution < 1.29 is 9.53 Å². The third kappa shape index (κ3) is 2.97. The molecule has 1 aliphatic heterocycles. The number of amides is 1. The number of anilines is 1. The van der Waals surface area contributed by atoms with Gasteiger partial charge >= 0.3 is 0 Å². The van der Waals surface area contributed by atoms with E-state index in [4.69, 9.17) is 4.74 Å². The maximum atomic E-state index is 11.7. The Labute approximate surface area is 101 Å². The first-order valence-electron chi connectivity index (χ1n) is 5.84. The average Bonchev–Trinajstić information content (AvgIpc) is 2.24. The number of carbonyl (C=O) groups is 1. The van der Waals surface area contributed by atoms with Gasteiger partial charge in [-0.3, -0.25) is 4.79 Å². The molecule has 0 atom stereocenters. The molecule has 0 aromatic heterocycles. The van der Waals surface area contributed by atoms with Crippen LogP contribution in [-0.4, -0.2) is 26.1 Å². The first kappa shape index (κ1) is 11.9. The second kappa shape index (κ2) is 5.19. The Morgan fingerprint density at radius 1 is 1.53 bits per heavy atom. The molecule has 1 fully saturated rings. The van der Waals surface area contributed by atoms with Crippen molar-refractivity contribution in [1.29, 1.82) is 0 Å². The number of hydrogen-bond acceptors (Lipinski definition) is 3. The first-order chi connectivity index (χ1) is 8.19. The predicted molar refractivity (Wildman–Crippen MR) is 67.3 cm³/mol. The van der Waals surface area contributed by atoms with Gasteiger partial charge in [-0.2, -0.15) is 0 Å². The summed E-state index contributed by atoms with van der Waals surface area (Å²) in [7, 11) is 1.64. The Hall–Kier alpha value is -1.55. The zero-order chi connectivity index (χ0) is 12.3. The molecule has 1 heterocycles. The fraction of sp³-hybridized carbons (Fsp3) is 0.462. The minimum Gasteiger partial charge on any atom is -0.496 e. The van der Waals surface area contributed by atoms with Crippen molar-refractivity contribution in [2.24, 2.45) is 5.92 Å². The van der Waals surface area contributed by atoms with Gasteiger partial charge in [-0.15, -0.1) is 0 Å². The highest BCUT2D eigenvalue weighted by molar-refractivity contribution is 5.91. The van der Waals surface area contributed by atoms with Gasteiger partial charge in [-0.25, -0.2) is 0 Å². The van der Waals surface area contributed by atoms with E-state index >= 15 is 0 Å². The van der Waals surface area contributed by atoms with Gasteiger partial charge in [0.2, 0.25) is 5.91 Å². The Kier molecular flexibility index (Phi) is 3.64. The van der Waals surface area contributed by atoms with Crippen LogP contribution in [0.4, 0.5) is 5.69 Å². The average molecular weight is 234 g/mol. The quantitative estimate of drug-likeness (QED) is 0.831. The van der Waals surface area contributed by atoms with Crippen molar-refractivity contribution in [2.45, 2.75) is 13.3 Å². The highest BCUT2D eigenvalue weighted by atomic mass is 16.5. The van der Waals surface area contributed by atoms with Gasteiger partial charge in [-0.1, -0.05) is 0 Å². The van der Waals surface area contributed by atoms with E-state index in [1.165, 1.54) is 0 Å². The lowest BCUT2D eigenvalue weighted by molar-refractivity contribution is -0.117. The summed E-state index contributed by atoms with van der Waals surface area (Å²) in [6.07, 6.45) is 0.595. The molecule has 1 saturated heterocycles. The summed E-state index contributed by atoms with van der Waals surface area (Å²) in [5, 5.41) is 6.07. The lowest BCUT2D eigenvalue weighted by atomic mass is 9.99. The monoisotopic (exact) mass is 234 g/mol. The molecular formula is C13H18N2O2. The Balaban J connectivity index is 1.93. The fourth-order valence-electron chi connectivity index (χ4n) is 1.92. The smallest absolute Gasteiger partial charge is 0.224 e. The number of rotatable bonds is 4. The van der Waals surface area contributed by atoms with E-state index < -0.39 is 0 Å². The number of carbonyl (C=O) groups excluding carboxylic acids is 1. The van der Waals surface area contributed by atoms with Gasteiger partial charge in [0.05, 0.1) is 7.11 Å². The number of aryl methyl sites for hydroxylation is 1. The predicted octanol–water partition coefficient (Wildman–Crippen LogP) is 1.55. The summed E-state index contributed by atoms with van der Waals surface area (Å²) in [4.78, 5) is 11.7. The van der Waals surface area contributed by atoms with Crippen LogP contribution in [0, 0.1) is 12.8 Å². The standard InChI is InChI=1S/C13H18N2O2/c1-9-5-11(3-4-12(9)17-2)15-13(16)6-10-7-14-8-10/h3-5,10,14H,6-8H2,1-2H3,(H,15,16). The molecule has 0 bridgehead atoms. The third-order valence-electron chi connectivity index (χ3n) is 3.02. The van der Waals surface area contributed by atoms with Crippen molar-refractivity contribution in [2.75, 3.05) is 25.5 Å². The largest absolute Gasteiger partial charge is 0.496 e. The number of benzene rings is 1. The minimum absolute atomic E-state index is 0.0843. The Morgan fingerprint density at radius 2 is 2.29 bits per heavy atom. The molecule has 4 nitrogen and oxygen atoms in total. The van der Waals surface area contributed by atoms with Gasteiger partial charge in [0, 0.05) is 12.1 Å². The number of nitrogens with one attached hydrogen (secondary N) is 2. The van der Waals surface area contributed by atoms with E-state index in [9.17, 15) is 4.79 Å². The molecule has 0 aliphatic carbocycles. The van der Waals surface area contributed by atoms with Crippen LogP contribution in [-0.2, 0) is 4.79 Å².